The molecule has 1 nitrogen and oxygen atoms in total. The standard InChI is InChI=1S/C13H5F9O/c1-2-3-23-12-9(18)6(15)4(7(16)10(12)19)5(14)8(17)11(20)13(21)22/h2H,1,3H2. The minimum Gasteiger partial charge on any atom is -0.483 e. The van der Waals surface area contributed by atoms with E-state index in [9.17, 15) is 39.5 Å². The lowest BCUT2D eigenvalue weighted by molar-refractivity contribution is 0.300. The first-order valence-electron chi connectivity index (χ1n) is 5.51. The third-order valence-electron chi connectivity index (χ3n) is 2.34. The zero-order valence-electron chi connectivity index (χ0n) is 10.8. The van der Waals surface area contributed by atoms with Crippen molar-refractivity contribution in [2.75, 3.05) is 6.61 Å². The molecule has 23 heavy (non-hydrogen) atoms. The molecule has 0 bridgehead atoms. The molecule has 0 aliphatic carbocycles. The van der Waals surface area contributed by atoms with E-state index in [1.165, 1.54) is 0 Å². The Kier molecular flexibility index (Phi) is 5.88. The largest absolute Gasteiger partial charge is 0.483 e. The third kappa shape index (κ3) is 3.51. The normalized spacial score (nSPS) is 11.9. The third-order valence-corrected chi connectivity index (χ3v) is 2.34. The number of hydrogen-bond donors (Lipinski definition) is 0. The van der Waals surface area contributed by atoms with Gasteiger partial charge in [0.2, 0.25) is 23.3 Å². The highest BCUT2D eigenvalue weighted by Crippen LogP contribution is 2.37. The topological polar surface area (TPSA) is 9.23 Å². The van der Waals surface area contributed by atoms with Crippen molar-refractivity contribution < 1.29 is 44.3 Å². The fraction of sp³-hybridized carbons (Fsp3) is 0.0769. The van der Waals surface area contributed by atoms with Gasteiger partial charge >= 0.3 is 6.08 Å². The number of rotatable bonds is 5. The Morgan fingerprint density at radius 1 is 0.826 bits per heavy atom. The number of ether oxygens (including phenoxy) is 1. The Hall–Kier alpha value is -2.39. The highest BCUT2D eigenvalue weighted by molar-refractivity contribution is 5.66. The second-order valence-electron chi connectivity index (χ2n) is 3.76. The van der Waals surface area contributed by atoms with Crippen molar-refractivity contribution in [3.63, 3.8) is 0 Å². The Morgan fingerprint density at radius 2 is 1.30 bits per heavy atom. The van der Waals surface area contributed by atoms with Gasteiger partial charge in [0, 0.05) is 0 Å². The Labute approximate surface area is 123 Å². The maximum atomic E-state index is 13.6. The molecule has 0 fully saturated rings. The molecule has 0 unspecified atom stereocenters. The van der Waals surface area contributed by atoms with Crippen LogP contribution in [0.5, 0.6) is 5.75 Å². The molecule has 0 saturated heterocycles. The van der Waals surface area contributed by atoms with Gasteiger partial charge in [0.15, 0.2) is 23.2 Å². The maximum absolute atomic E-state index is 13.6. The van der Waals surface area contributed by atoms with Crippen LogP contribution >= 0.6 is 0 Å². The number of hydrogen-bond acceptors (Lipinski definition) is 1. The second kappa shape index (κ2) is 7.25. The van der Waals surface area contributed by atoms with Gasteiger partial charge in [0.25, 0.3) is 0 Å². The van der Waals surface area contributed by atoms with E-state index in [0.717, 1.165) is 6.08 Å². The van der Waals surface area contributed by atoms with Gasteiger partial charge in [0.1, 0.15) is 6.61 Å². The smallest absolute Gasteiger partial charge is 0.308 e. The molecule has 0 aliphatic heterocycles. The van der Waals surface area contributed by atoms with Crippen LogP contribution in [0, 0.1) is 23.3 Å². The van der Waals surface area contributed by atoms with Crippen LogP contribution < -0.4 is 4.74 Å². The van der Waals surface area contributed by atoms with Gasteiger partial charge in [0.05, 0.1) is 5.56 Å². The molecule has 0 N–H and O–H groups in total. The van der Waals surface area contributed by atoms with Crippen LogP contribution in [0.4, 0.5) is 39.5 Å². The van der Waals surface area contributed by atoms with E-state index < -0.39 is 64.7 Å². The van der Waals surface area contributed by atoms with Crippen molar-refractivity contribution in [3.8, 4) is 5.75 Å². The van der Waals surface area contributed by atoms with Crippen LogP contribution in [-0.4, -0.2) is 6.61 Å². The maximum Gasteiger partial charge on any atom is 0.308 e. The van der Waals surface area contributed by atoms with Crippen molar-refractivity contribution in [2.24, 2.45) is 0 Å². The summed E-state index contributed by atoms with van der Waals surface area (Å²) in [7, 11) is 0. The lowest BCUT2D eigenvalue weighted by Crippen LogP contribution is -2.08. The van der Waals surface area contributed by atoms with Crippen LogP contribution in [0.1, 0.15) is 5.56 Å². The van der Waals surface area contributed by atoms with Gasteiger partial charge in [-0.3, -0.25) is 0 Å². The average Bonchev–Trinajstić information content (AvgIpc) is 2.51. The van der Waals surface area contributed by atoms with Crippen LogP contribution in [0.25, 0.3) is 5.83 Å². The first-order valence-corrected chi connectivity index (χ1v) is 5.51. The first-order chi connectivity index (χ1) is 10.6. The molecule has 0 aliphatic rings. The first kappa shape index (κ1) is 18.7. The van der Waals surface area contributed by atoms with Crippen LogP contribution in [0.3, 0.4) is 0 Å². The molecule has 0 heterocycles. The molecule has 1 aromatic rings. The molecule has 1 aromatic carbocycles. The van der Waals surface area contributed by atoms with Gasteiger partial charge in [-0.2, -0.15) is 22.0 Å². The van der Waals surface area contributed by atoms with E-state index in [0.29, 0.717) is 0 Å². The zero-order valence-corrected chi connectivity index (χ0v) is 10.8. The molecular weight excluding hydrogens is 343 g/mol. The van der Waals surface area contributed by atoms with Gasteiger partial charge in [-0.1, -0.05) is 12.7 Å². The molecule has 1 rings (SSSR count). The zero-order chi connectivity index (χ0) is 17.9. The minimum atomic E-state index is -3.34. The Balaban J connectivity index is 3.66. The molecule has 0 saturated carbocycles. The lowest BCUT2D eigenvalue weighted by atomic mass is 10.1. The second-order valence-corrected chi connectivity index (χ2v) is 3.76. The molecular formula is C13H5F9O. The molecule has 10 heteroatoms. The molecule has 0 amide bonds. The van der Waals surface area contributed by atoms with Gasteiger partial charge in [-0.05, 0) is 0 Å². The summed E-state index contributed by atoms with van der Waals surface area (Å²) in [5, 5.41) is 0. The molecule has 0 spiro atoms. The number of allylic oxidation sites excluding steroid dienone is 2. The van der Waals surface area contributed by atoms with E-state index in [1.807, 2.05) is 0 Å². The summed E-state index contributed by atoms with van der Waals surface area (Å²) >= 11 is 0. The summed E-state index contributed by atoms with van der Waals surface area (Å²) in [4.78, 5) is 0. The average molecular weight is 348 g/mol. The summed E-state index contributed by atoms with van der Waals surface area (Å²) < 4.78 is 121. The summed E-state index contributed by atoms with van der Waals surface area (Å²) in [5.41, 5.74) is -2.33. The molecule has 0 radical (unpaired) electrons. The monoisotopic (exact) mass is 348 g/mol. The van der Waals surface area contributed by atoms with E-state index in [1.54, 1.807) is 0 Å². The SMILES string of the molecule is C=CCOc1c(F)c(F)c(C(F)=C(F)C(F)=C(F)F)c(F)c1F. The summed E-state index contributed by atoms with van der Waals surface area (Å²) in [6, 6.07) is 0. The van der Waals surface area contributed by atoms with Gasteiger partial charge < -0.3 is 4.74 Å². The van der Waals surface area contributed by atoms with E-state index >= 15 is 0 Å². The summed E-state index contributed by atoms with van der Waals surface area (Å²) in [5.74, 6) is -20.1. The minimum absolute atomic E-state index is 0.594. The quantitative estimate of drug-likeness (QED) is 0.296. The van der Waals surface area contributed by atoms with Gasteiger partial charge in [-0.25, -0.2) is 17.6 Å². The van der Waals surface area contributed by atoms with Gasteiger partial charge in [-0.15, -0.1) is 0 Å². The number of halogens is 9. The van der Waals surface area contributed by atoms with Crippen LogP contribution in [-0.2, 0) is 0 Å². The Morgan fingerprint density at radius 3 is 1.70 bits per heavy atom. The summed E-state index contributed by atoms with van der Waals surface area (Å²) in [6.45, 7) is 2.50. The highest BCUT2D eigenvalue weighted by Gasteiger charge is 2.32. The molecule has 0 atom stereocenters. The van der Waals surface area contributed by atoms with Crippen molar-refractivity contribution in [1.29, 1.82) is 0 Å². The van der Waals surface area contributed by atoms with E-state index in [2.05, 4.69) is 11.3 Å². The van der Waals surface area contributed by atoms with Crippen LogP contribution in [0.2, 0.25) is 0 Å². The van der Waals surface area contributed by atoms with Crippen molar-refractivity contribution >= 4 is 5.83 Å². The predicted octanol–water partition coefficient (Wildman–Crippen LogP) is 5.49. The molecule has 0 aromatic heterocycles. The van der Waals surface area contributed by atoms with Crippen LogP contribution in [0.15, 0.2) is 30.4 Å². The fourth-order valence-corrected chi connectivity index (χ4v) is 1.36. The van der Waals surface area contributed by atoms with Crippen molar-refractivity contribution in [1.82, 2.24) is 0 Å². The highest BCUT2D eigenvalue weighted by atomic mass is 19.3. The molecule has 126 valence electrons. The fourth-order valence-electron chi connectivity index (χ4n) is 1.36. The summed E-state index contributed by atoms with van der Waals surface area (Å²) in [6.07, 6.45) is -2.39. The lowest BCUT2D eigenvalue weighted by Gasteiger charge is -2.11. The van der Waals surface area contributed by atoms with E-state index in [-0.39, 0.29) is 0 Å². The number of benzene rings is 1. The van der Waals surface area contributed by atoms with Crippen molar-refractivity contribution in [3.05, 3.63) is 59.2 Å². The Bertz CT molecular complexity index is 673. The predicted molar refractivity (Wildman–Crippen MR) is 61.5 cm³/mol. The van der Waals surface area contributed by atoms with E-state index in [4.69, 9.17) is 0 Å². The van der Waals surface area contributed by atoms with Crippen molar-refractivity contribution in [2.45, 2.75) is 0 Å².